The van der Waals surface area contributed by atoms with Gasteiger partial charge in [0.05, 0.1) is 12.3 Å². The molecule has 0 radical (unpaired) electrons. The summed E-state index contributed by atoms with van der Waals surface area (Å²) in [6, 6.07) is 20.8. The lowest BCUT2D eigenvalue weighted by atomic mass is 9.88. The molecule has 0 aliphatic carbocycles. The number of rotatable bonds is 4. The molecule has 1 aliphatic heterocycles. The summed E-state index contributed by atoms with van der Waals surface area (Å²) in [5.74, 6) is 0.154. The van der Waals surface area contributed by atoms with Crippen molar-refractivity contribution in [1.29, 1.82) is 0 Å². The summed E-state index contributed by atoms with van der Waals surface area (Å²) >= 11 is 0. The van der Waals surface area contributed by atoms with Crippen LogP contribution in [-0.2, 0) is 4.79 Å². The first-order chi connectivity index (χ1) is 14.1. The van der Waals surface area contributed by atoms with Crippen LogP contribution in [-0.4, -0.2) is 17.9 Å². The topological polar surface area (TPSA) is 53.8 Å². The predicted octanol–water partition coefficient (Wildman–Crippen LogP) is 5.20. The third-order valence-electron chi connectivity index (χ3n) is 5.52. The zero-order valence-electron chi connectivity index (χ0n) is 16.6. The van der Waals surface area contributed by atoms with Crippen LogP contribution in [0, 0.1) is 0 Å². The maximum Gasteiger partial charge on any atom is 0.294 e. The standard InChI is InChI=1S/C24H24N2O3/c1-3-18-16-22(25(17(2)27)19-10-5-4-6-11-19)20-12-7-8-13-21(20)26(18)24(28)23-14-9-15-29-23/h4-15,18,22H,3,16H2,1-2H3. The van der Waals surface area contributed by atoms with Crippen LogP contribution in [0.2, 0.25) is 0 Å². The van der Waals surface area contributed by atoms with Crippen LogP contribution in [0.4, 0.5) is 11.4 Å². The first kappa shape index (κ1) is 19.0. The number of para-hydroxylation sites is 2. The van der Waals surface area contributed by atoms with Crippen molar-refractivity contribution in [2.24, 2.45) is 0 Å². The largest absolute Gasteiger partial charge is 0.459 e. The molecule has 5 heteroatoms. The van der Waals surface area contributed by atoms with Crippen molar-refractivity contribution in [3.63, 3.8) is 0 Å². The van der Waals surface area contributed by atoms with Gasteiger partial charge in [-0.3, -0.25) is 9.59 Å². The fraction of sp³-hybridized carbons (Fsp3) is 0.250. The molecule has 0 saturated carbocycles. The molecule has 2 amide bonds. The summed E-state index contributed by atoms with van der Waals surface area (Å²) in [5.41, 5.74) is 2.66. The summed E-state index contributed by atoms with van der Waals surface area (Å²) < 4.78 is 5.38. The summed E-state index contributed by atoms with van der Waals surface area (Å²) in [5, 5.41) is 0. The molecule has 1 aromatic heterocycles. The van der Waals surface area contributed by atoms with Crippen molar-refractivity contribution in [3.8, 4) is 0 Å². The van der Waals surface area contributed by atoms with E-state index < -0.39 is 0 Å². The quantitative estimate of drug-likeness (QED) is 0.617. The van der Waals surface area contributed by atoms with Gasteiger partial charge in [-0.2, -0.15) is 0 Å². The van der Waals surface area contributed by atoms with Gasteiger partial charge in [0.15, 0.2) is 5.76 Å². The second kappa shape index (κ2) is 7.95. The molecule has 2 heterocycles. The second-order valence-corrected chi connectivity index (χ2v) is 7.25. The highest BCUT2D eigenvalue weighted by atomic mass is 16.3. The minimum absolute atomic E-state index is 0.0170. The number of amides is 2. The van der Waals surface area contributed by atoms with Gasteiger partial charge in [-0.05, 0) is 48.7 Å². The maximum atomic E-state index is 13.2. The summed E-state index contributed by atoms with van der Waals surface area (Å²) in [4.78, 5) is 29.6. The monoisotopic (exact) mass is 388 g/mol. The Bertz CT molecular complexity index is 998. The highest BCUT2D eigenvalue weighted by Crippen LogP contribution is 2.43. The molecule has 2 unspecified atom stereocenters. The van der Waals surface area contributed by atoms with Gasteiger partial charge >= 0.3 is 0 Å². The smallest absolute Gasteiger partial charge is 0.294 e. The Morgan fingerprint density at radius 2 is 1.76 bits per heavy atom. The lowest BCUT2D eigenvalue weighted by molar-refractivity contribution is -0.117. The molecule has 2 atom stereocenters. The van der Waals surface area contributed by atoms with E-state index in [4.69, 9.17) is 4.42 Å². The van der Waals surface area contributed by atoms with Crippen molar-refractivity contribution >= 4 is 23.2 Å². The van der Waals surface area contributed by atoms with Crippen LogP contribution in [0.25, 0.3) is 0 Å². The first-order valence-electron chi connectivity index (χ1n) is 9.92. The molecule has 0 spiro atoms. The van der Waals surface area contributed by atoms with E-state index in [1.807, 2.05) is 64.4 Å². The van der Waals surface area contributed by atoms with E-state index in [0.29, 0.717) is 12.2 Å². The normalized spacial score (nSPS) is 18.2. The molecule has 0 saturated heterocycles. The number of benzene rings is 2. The SMILES string of the molecule is CCC1CC(N(C(C)=O)c2ccccc2)c2ccccc2N1C(=O)c1ccco1. The molecule has 2 aromatic carbocycles. The van der Waals surface area contributed by atoms with E-state index in [-0.39, 0.29) is 23.9 Å². The zero-order valence-corrected chi connectivity index (χ0v) is 16.6. The van der Waals surface area contributed by atoms with Crippen molar-refractivity contribution in [2.45, 2.75) is 38.8 Å². The van der Waals surface area contributed by atoms with Crippen molar-refractivity contribution in [1.82, 2.24) is 0 Å². The fourth-order valence-electron chi connectivity index (χ4n) is 4.23. The van der Waals surface area contributed by atoms with Gasteiger partial charge in [0.2, 0.25) is 5.91 Å². The van der Waals surface area contributed by atoms with Crippen LogP contribution in [0.1, 0.15) is 48.8 Å². The van der Waals surface area contributed by atoms with Gasteiger partial charge < -0.3 is 14.2 Å². The molecule has 29 heavy (non-hydrogen) atoms. The Labute approximate surface area is 170 Å². The van der Waals surface area contributed by atoms with Crippen LogP contribution >= 0.6 is 0 Å². The lowest BCUT2D eigenvalue weighted by Crippen LogP contribution is -2.48. The summed E-state index contributed by atoms with van der Waals surface area (Å²) in [7, 11) is 0. The number of hydrogen-bond acceptors (Lipinski definition) is 3. The Morgan fingerprint density at radius 3 is 2.41 bits per heavy atom. The number of carbonyl (C=O) groups excluding carboxylic acids is 2. The molecule has 0 fully saturated rings. The molecule has 5 nitrogen and oxygen atoms in total. The lowest BCUT2D eigenvalue weighted by Gasteiger charge is -2.44. The van der Waals surface area contributed by atoms with Gasteiger partial charge in [-0.25, -0.2) is 0 Å². The minimum atomic E-state index is -0.151. The summed E-state index contributed by atoms with van der Waals surface area (Å²) in [6.45, 7) is 3.66. The zero-order chi connectivity index (χ0) is 20.4. The average Bonchev–Trinajstić information content (AvgIpc) is 3.28. The molecule has 3 aromatic rings. The average molecular weight is 388 g/mol. The summed E-state index contributed by atoms with van der Waals surface area (Å²) in [6.07, 6.45) is 2.95. The molecular formula is C24H24N2O3. The van der Waals surface area contributed by atoms with Crippen LogP contribution in [0.3, 0.4) is 0 Å². The van der Waals surface area contributed by atoms with Gasteiger partial charge in [-0.15, -0.1) is 0 Å². The number of anilines is 2. The Morgan fingerprint density at radius 1 is 1.03 bits per heavy atom. The van der Waals surface area contributed by atoms with Gasteiger partial charge in [0.25, 0.3) is 5.91 Å². The van der Waals surface area contributed by atoms with Gasteiger partial charge in [0.1, 0.15) is 0 Å². The Balaban J connectivity index is 1.82. The van der Waals surface area contributed by atoms with E-state index in [1.54, 1.807) is 19.1 Å². The highest BCUT2D eigenvalue weighted by molar-refractivity contribution is 6.06. The molecular weight excluding hydrogens is 364 g/mol. The van der Waals surface area contributed by atoms with Crippen molar-refractivity contribution < 1.29 is 14.0 Å². The molecule has 0 N–H and O–H groups in total. The van der Waals surface area contributed by atoms with Gasteiger partial charge in [-0.1, -0.05) is 43.3 Å². The number of hydrogen-bond donors (Lipinski definition) is 0. The first-order valence-corrected chi connectivity index (χ1v) is 9.92. The highest BCUT2D eigenvalue weighted by Gasteiger charge is 2.39. The van der Waals surface area contributed by atoms with Gasteiger partial charge in [0, 0.05) is 24.3 Å². The number of fused-ring (bicyclic) bond motifs is 1. The van der Waals surface area contributed by atoms with E-state index in [2.05, 4.69) is 6.92 Å². The fourth-order valence-corrected chi connectivity index (χ4v) is 4.23. The second-order valence-electron chi connectivity index (χ2n) is 7.25. The molecule has 4 rings (SSSR count). The predicted molar refractivity (Wildman–Crippen MR) is 113 cm³/mol. The van der Waals surface area contributed by atoms with Crippen LogP contribution in [0.5, 0.6) is 0 Å². The van der Waals surface area contributed by atoms with E-state index in [0.717, 1.165) is 23.4 Å². The number of carbonyl (C=O) groups is 2. The Kier molecular flexibility index (Phi) is 5.21. The Hall–Kier alpha value is -3.34. The number of furan rings is 1. The van der Waals surface area contributed by atoms with E-state index >= 15 is 0 Å². The molecule has 0 bridgehead atoms. The van der Waals surface area contributed by atoms with E-state index in [1.165, 1.54) is 6.26 Å². The number of nitrogens with zero attached hydrogens (tertiary/aromatic N) is 2. The molecule has 1 aliphatic rings. The third-order valence-corrected chi connectivity index (χ3v) is 5.52. The van der Waals surface area contributed by atoms with E-state index in [9.17, 15) is 9.59 Å². The third kappa shape index (κ3) is 3.44. The minimum Gasteiger partial charge on any atom is -0.459 e. The van der Waals surface area contributed by atoms with Crippen LogP contribution < -0.4 is 9.80 Å². The van der Waals surface area contributed by atoms with Crippen molar-refractivity contribution in [2.75, 3.05) is 9.80 Å². The molecule has 148 valence electrons. The van der Waals surface area contributed by atoms with Crippen molar-refractivity contribution in [3.05, 3.63) is 84.3 Å². The maximum absolute atomic E-state index is 13.2. The van der Waals surface area contributed by atoms with Crippen LogP contribution in [0.15, 0.2) is 77.4 Å².